The van der Waals surface area contributed by atoms with Crippen molar-refractivity contribution in [2.75, 3.05) is 19.7 Å². The predicted octanol–water partition coefficient (Wildman–Crippen LogP) is 1.00. The maximum Gasteiger partial charge on any atom is 0.0492 e. The van der Waals surface area contributed by atoms with Crippen LogP contribution in [0.5, 0.6) is 0 Å². The third-order valence-electron chi connectivity index (χ3n) is 3.40. The minimum absolute atomic E-state index is 0.143. The fraction of sp³-hybridized carbons (Fsp3) is 0.727. The summed E-state index contributed by atoms with van der Waals surface area (Å²) in [5.41, 5.74) is 1.31. The Morgan fingerprint density at radius 1 is 1.53 bits per heavy atom. The highest BCUT2D eigenvalue weighted by molar-refractivity contribution is 4.97. The van der Waals surface area contributed by atoms with Crippen molar-refractivity contribution in [3.63, 3.8) is 0 Å². The van der Waals surface area contributed by atoms with E-state index >= 15 is 0 Å². The Hall–Kier alpha value is -0.870. The van der Waals surface area contributed by atoms with Gasteiger partial charge in [0.25, 0.3) is 0 Å². The molecule has 2 N–H and O–H groups in total. The smallest absolute Gasteiger partial charge is 0.0492 e. The highest BCUT2D eigenvalue weighted by atomic mass is 16.3. The molecule has 0 bridgehead atoms. The fourth-order valence-corrected chi connectivity index (χ4v) is 2.02. The van der Waals surface area contributed by atoms with Gasteiger partial charge < -0.3 is 5.11 Å². The van der Waals surface area contributed by atoms with Gasteiger partial charge >= 0.3 is 0 Å². The average Bonchev–Trinajstić information content (AvgIpc) is 2.75. The molecule has 15 heavy (non-hydrogen) atoms. The van der Waals surface area contributed by atoms with E-state index in [1.54, 1.807) is 6.20 Å². The van der Waals surface area contributed by atoms with E-state index in [0.717, 1.165) is 32.5 Å². The molecule has 2 heterocycles. The molecule has 1 aromatic rings. The van der Waals surface area contributed by atoms with Gasteiger partial charge in [-0.15, -0.1) is 0 Å². The highest BCUT2D eigenvalue weighted by Gasteiger charge is 2.29. The van der Waals surface area contributed by atoms with E-state index in [0.29, 0.717) is 6.61 Å². The number of aromatic amines is 1. The summed E-state index contributed by atoms with van der Waals surface area (Å²) in [6, 6.07) is 2.01. The van der Waals surface area contributed by atoms with Crippen molar-refractivity contribution < 1.29 is 5.11 Å². The number of rotatable bonds is 3. The summed E-state index contributed by atoms with van der Waals surface area (Å²) in [4.78, 5) is 2.41. The summed E-state index contributed by atoms with van der Waals surface area (Å²) in [6.45, 7) is 5.55. The lowest BCUT2D eigenvalue weighted by Crippen LogP contribution is -2.40. The summed E-state index contributed by atoms with van der Waals surface area (Å²) in [7, 11) is 0. The van der Waals surface area contributed by atoms with E-state index in [-0.39, 0.29) is 5.41 Å². The van der Waals surface area contributed by atoms with E-state index in [9.17, 15) is 5.11 Å². The van der Waals surface area contributed by atoms with E-state index in [1.165, 1.54) is 5.69 Å². The Bertz CT molecular complexity index is 289. The molecule has 1 aliphatic heterocycles. The van der Waals surface area contributed by atoms with Gasteiger partial charge in [0.1, 0.15) is 0 Å². The molecule has 4 nitrogen and oxygen atoms in total. The Balaban J connectivity index is 1.84. The molecule has 1 fully saturated rings. The van der Waals surface area contributed by atoms with Crippen molar-refractivity contribution in [3.05, 3.63) is 18.0 Å². The highest BCUT2D eigenvalue weighted by Crippen LogP contribution is 2.30. The molecule has 1 aromatic heterocycles. The van der Waals surface area contributed by atoms with Crippen LogP contribution in [0.4, 0.5) is 0 Å². The maximum absolute atomic E-state index is 9.26. The van der Waals surface area contributed by atoms with Crippen LogP contribution in [0.15, 0.2) is 12.3 Å². The molecule has 0 radical (unpaired) electrons. The third-order valence-corrected chi connectivity index (χ3v) is 3.40. The van der Waals surface area contributed by atoms with Gasteiger partial charge in [-0.1, -0.05) is 6.92 Å². The molecule has 0 spiro atoms. The lowest BCUT2D eigenvalue weighted by molar-refractivity contribution is 0.0552. The molecule has 0 atom stereocenters. The van der Waals surface area contributed by atoms with Crippen LogP contribution in [0.3, 0.4) is 0 Å². The summed E-state index contributed by atoms with van der Waals surface area (Å²) in [5.74, 6) is 0. The van der Waals surface area contributed by atoms with Crippen molar-refractivity contribution in [2.45, 2.75) is 26.3 Å². The second-order valence-electron chi connectivity index (χ2n) is 4.83. The SMILES string of the molecule is CC1(CO)CCN(Cc2ccn[nH]2)CC1. The zero-order chi connectivity index (χ0) is 10.7. The van der Waals surface area contributed by atoms with Crippen LogP contribution in [0.25, 0.3) is 0 Å². The van der Waals surface area contributed by atoms with E-state index in [2.05, 4.69) is 22.0 Å². The molecule has 0 amide bonds. The van der Waals surface area contributed by atoms with Crippen LogP contribution in [-0.2, 0) is 6.54 Å². The number of H-pyrrole nitrogens is 1. The Morgan fingerprint density at radius 3 is 2.80 bits per heavy atom. The average molecular weight is 209 g/mol. The van der Waals surface area contributed by atoms with Crippen LogP contribution in [0.2, 0.25) is 0 Å². The number of likely N-dealkylation sites (tertiary alicyclic amines) is 1. The van der Waals surface area contributed by atoms with Gasteiger partial charge in [-0.05, 0) is 37.4 Å². The minimum atomic E-state index is 0.143. The summed E-state index contributed by atoms with van der Waals surface area (Å²) in [5, 5.41) is 16.2. The van der Waals surface area contributed by atoms with Crippen LogP contribution >= 0.6 is 0 Å². The second kappa shape index (κ2) is 4.33. The second-order valence-corrected chi connectivity index (χ2v) is 4.83. The van der Waals surface area contributed by atoms with Crippen LogP contribution in [0, 0.1) is 5.41 Å². The molecular formula is C11H19N3O. The Morgan fingerprint density at radius 2 is 2.27 bits per heavy atom. The number of nitrogens with zero attached hydrogens (tertiary/aromatic N) is 2. The van der Waals surface area contributed by atoms with Gasteiger partial charge in [-0.25, -0.2) is 0 Å². The quantitative estimate of drug-likeness (QED) is 0.781. The summed E-state index contributed by atoms with van der Waals surface area (Å²) >= 11 is 0. The molecule has 0 aromatic carbocycles. The number of hydrogen-bond donors (Lipinski definition) is 2. The maximum atomic E-state index is 9.26. The zero-order valence-electron chi connectivity index (χ0n) is 9.24. The zero-order valence-corrected chi connectivity index (χ0v) is 9.24. The van der Waals surface area contributed by atoms with Crippen molar-refractivity contribution in [1.82, 2.24) is 15.1 Å². The van der Waals surface area contributed by atoms with E-state index in [4.69, 9.17) is 0 Å². The predicted molar refractivity (Wildman–Crippen MR) is 58.3 cm³/mol. The first-order valence-corrected chi connectivity index (χ1v) is 5.53. The first-order chi connectivity index (χ1) is 7.22. The normalized spacial score (nSPS) is 21.7. The first kappa shape index (κ1) is 10.6. The van der Waals surface area contributed by atoms with Crippen molar-refractivity contribution in [1.29, 1.82) is 0 Å². The van der Waals surface area contributed by atoms with Crippen molar-refractivity contribution in [3.8, 4) is 0 Å². The van der Waals surface area contributed by atoms with Crippen LogP contribution < -0.4 is 0 Å². The van der Waals surface area contributed by atoms with Gasteiger partial charge in [-0.3, -0.25) is 10.00 Å². The molecular weight excluding hydrogens is 190 g/mol. The van der Waals surface area contributed by atoms with Crippen molar-refractivity contribution in [2.24, 2.45) is 5.41 Å². The molecule has 0 aliphatic carbocycles. The minimum Gasteiger partial charge on any atom is -0.396 e. The largest absolute Gasteiger partial charge is 0.396 e. The van der Waals surface area contributed by atoms with E-state index < -0.39 is 0 Å². The molecule has 0 unspecified atom stereocenters. The molecule has 0 saturated carbocycles. The number of aliphatic hydroxyl groups is 1. The lowest BCUT2D eigenvalue weighted by atomic mass is 9.81. The Labute approximate surface area is 90.3 Å². The molecule has 84 valence electrons. The summed E-state index contributed by atoms with van der Waals surface area (Å²) in [6.07, 6.45) is 3.95. The fourth-order valence-electron chi connectivity index (χ4n) is 2.02. The third kappa shape index (κ3) is 2.58. The molecule has 1 aliphatic rings. The number of hydrogen-bond acceptors (Lipinski definition) is 3. The number of aliphatic hydroxyl groups excluding tert-OH is 1. The summed E-state index contributed by atoms with van der Waals surface area (Å²) < 4.78 is 0. The monoisotopic (exact) mass is 209 g/mol. The van der Waals surface area contributed by atoms with Crippen molar-refractivity contribution >= 4 is 0 Å². The number of aromatic nitrogens is 2. The van der Waals surface area contributed by atoms with Gasteiger partial charge in [0.15, 0.2) is 0 Å². The standard InChI is InChI=1S/C11H19N3O/c1-11(9-15)3-6-14(7-4-11)8-10-2-5-12-13-10/h2,5,15H,3-4,6-9H2,1H3,(H,12,13). The Kier molecular flexibility index (Phi) is 3.07. The molecule has 4 heteroatoms. The van der Waals surface area contributed by atoms with Crippen LogP contribution in [0.1, 0.15) is 25.5 Å². The lowest BCUT2D eigenvalue weighted by Gasteiger charge is -2.37. The topological polar surface area (TPSA) is 52.1 Å². The van der Waals surface area contributed by atoms with Crippen LogP contribution in [-0.4, -0.2) is 39.9 Å². The van der Waals surface area contributed by atoms with Gasteiger partial charge in [0.2, 0.25) is 0 Å². The van der Waals surface area contributed by atoms with E-state index in [1.807, 2.05) is 6.07 Å². The molecule has 1 saturated heterocycles. The number of piperidine rings is 1. The number of nitrogens with one attached hydrogen (secondary N) is 1. The first-order valence-electron chi connectivity index (χ1n) is 5.53. The van der Waals surface area contributed by atoms with Gasteiger partial charge in [-0.2, -0.15) is 5.10 Å². The van der Waals surface area contributed by atoms with Gasteiger partial charge in [0.05, 0.1) is 0 Å². The molecule has 2 rings (SSSR count). The van der Waals surface area contributed by atoms with Gasteiger partial charge in [0, 0.05) is 25.0 Å².